The summed E-state index contributed by atoms with van der Waals surface area (Å²) in [4.78, 5) is 13.2. The van der Waals surface area contributed by atoms with Crippen molar-refractivity contribution in [3.8, 4) is 0 Å². The van der Waals surface area contributed by atoms with E-state index in [0.29, 0.717) is 5.41 Å². The Morgan fingerprint density at radius 2 is 1.76 bits per heavy atom. The Morgan fingerprint density at radius 1 is 1.10 bits per heavy atom. The van der Waals surface area contributed by atoms with Crippen LogP contribution in [0, 0.1) is 15.5 Å². The normalized spacial score (nSPS) is 21.5. The number of hydrogen-bond acceptors (Lipinski definition) is 3. The van der Waals surface area contributed by atoms with E-state index in [9.17, 15) is 10.1 Å². The molecule has 2 fully saturated rings. The van der Waals surface area contributed by atoms with Gasteiger partial charge in [-0.1, -0.05) is 35.2 Å². The van der Waals surface area contributed by atoms with Gasteiger partial charge in [0.15, 0.2) is 0 Å². The fourth-order valence-corrected chi connectivity index (χ4v) is 4.28. The van der Waals surface area contributed by atoms with Crippen LogP contribution in [0.3, 0.4) is 0 Å². The quantitative estimate of drug-likeness (QED) is 0.561. The SMILES string of the molecule is O=[N+]([O-])c1cc(Br)ccc1N1CCC2(CCCCC2)CC1. The van der Waals surface area contributed by atoms with Gasteiger partial charge >= 0.3 is 0 Å². The zero-order chi connectivity index (χ0) is 14.9. The molecule has 3 rings (SSSR count). The molecule has 0 atom stereocenters. The van der Waals surface area contributed by atoms with Crippen molar-refractivity contribution < 1.29 is 4.92 Å². The van der Waals surface area contributed by atoms with Gasteiger partial charge in [-0.25, -0.2) is 0 Å². The van der Waals surface area contributed by atoms with E-state index in [4.69, 9.17) is 0 Å². The minimum absolute atomic E-state index is 0.212. The molecule has 1 aliphatic carbocycles. The van der Waals surface area contributed by atoms with Crippen LogP contribution in [0.15, 0.2) is 22.7 Å². The maximum atomic E-state index is 11.3. The van der Waals surface area contributed by atoms with Crippen molar-refractivity contribution in [3.63, 3.8) is 0 Å². The van der Waals surface area contributed by atoms with Crippen molar-refractivity contribution >= 4 is 27.3 Å². The van der Waals surface area contributed by atoms with E-state index in [1.165, 1.54) is 44.9 Å². The second kappa shape index (κ2) is 5.95. The molecule has 1 aromatic carbocycles. The number of rotatable bonds is 2. The summed E-state index contributed by atoms with van der Waals surface area (Å²) < 4.78 is 0.763. The number of hydrogen-bond donors (Lipinski definition) is 0. The van der Waals surface area contributed by atoms with Gasteiger partial charge in [0.1, 0.15) is 5.69 Å². The zero-order valence-corrected chi connectivity index (χ0v) is 13.8. The maximum Gasteiger partial charge on any atom is 0.293 e. The van der Waals surface area contributed by atoms with Gasteiger partial charge < -0.3 is 4.90 Å². The second-order valence-electron chi connectivity index (χ2n) is 6.44. The molecule has 5 heteroatoms. The van der Waals surface area contributed by atoms with Gasteiger partial charge in [-0.05, 0) is 43.2 Å². The molecule has 1 aromatic rings. The fourth-order valence-electron chi connectivity index (χ4n) is 3.93. The van der Waals surface area contributed by atoms with E-state index in [1.807, 2.05) is 12.1 Å². The predicted octanol–water partition coefficient (Wildman–Crippen LogP) is 4.91. The lowest BCUT2D eigenvalue weighted by Gasteiger charge is -2.44. The van der Waals surface area contributed by atoms with Gasteiger partial charge in [0.05, 0.1) is 4.92 Å². The molecule has 21 heavy (non-hydrogen) atoms. The summed E-state index contributed by atoms with van der Waals surface area (Å²) in [5.41, 5.74) is 1.51. The molecule has 0 amide bonds. The molecule has 0 N–H and O–H groups in total. The van der Waals surface area contributed by atoms with E-state index in [2.05, 4.69) is 20.8 Å². The number of benzene rings is 1. The van der Waals surface area contributed by atoms with Crippen LogP contribution in [0.1, 0.15) is 44.9 Å². The monoisotopic (exact) mass is 352 g/mol. The Labute approximate surface area is 133 Å². The van der Waals surface area contributed by atoms with Gasteiger partial charge in [0.2, 0.25) is 0 Å². The first kappa shape index (κ1) is 14.8. The van der Waals surface area contributed by atoms with Crippen molar-refractivity contribution in [3.05, 3.63) is 32.8 Å². The van der Waals surface area contributed by atoms with Gasteiger partial charge in [-0.3, -0.25) is 10.1 Å². The van der Waals surface area contributed by atoms with E-state index >= 15 is 0 Å². The topological polar surface area (TPSA) is 46.4 Å². The first-order valence-electron chi connectivity index (χ1n) is 7.79. The third kappa shape index (κ3) is 3.07. The predicted molar refractivity (Wildman–Crippen MR) is 87.8 cm³/mol. The molecular weight excluding hydrogens is 332 g/mol. The Balaban J connectivity index is 1.76. The van der Waals surface area contributed by atoms with Crippen LogP contribution in [-0.4, -0.2) is 18.0 Å². The number of nitro benzene ring substituents is 1. The van der Waals surface area contributed by atoms with Crippen molar-refractivity contribution in [1.82, 2.24) is 0 Å². The molecule has 0 unspecified atom stereocenters. The van der Waals surface area contributed by atoms with E-state index in [0.717, 1.165) is 23.2 Å². The Hall–Kier alpha value is -1.10. The number of halogens is 1. The third-order valence-corrected chi connectivity index (χ3v) is 5.71. The number of nitrogens with zero attached hydrogens (tertiary/aromatic N) is 2. The average Bonchev–Trinajstić information content (AvgIpc) is 2.49. The summed E-state index contributed by atoms with van der Waals surface area (Å²) in [6.45, 7) is 1.89. The lowest BCUT2D eigenvalue weighted by molar-refractivity contribution is -0.384. The second-order valence-corrected chi connectivity index (χ2v) is 7.35. The van der Waals surface area contributed by atoms with E-state index in [1.54, 1.807) is 6.07 Å². The smallest absolute Gasteiger partial charge is 0.293 e. The fraction of sp³-hybridized carbons (Fsp3) is 0.625. The Morgan fingerprint density at radius 3 is 2.38 bits per heavy atom. The number of piperidine rings is 1. The first-order valence-corrected chi connectivity index (χ1v) is 8.58. The summed E-state index contributed by atoms with van der Waals surface area (Å²) in [6, 6.07) is 5.38. The molecule has 1 heterocycles. The molecule has 0 radical (unpaired) electrons. The number of anilines is 1. The van der Waals surface area contributed by atoms with Gasteiger partial charge in [-0.2, -0.15) is 0 Å². The van der Waals surface area contributed by atoms with Crippen LogP contribution >= 0.6 is 15.9 Å². The van der Waals surface area contributed by atoms with Crippen LogP contribution < -0.4 is 4.90 Å². The Kier molecular flexibility index (Phi) is 4.20. The largest absolute Gasteiger partial charge is 0.366 e. The highest BCUT2D eigenvalue weighted by molar-refractivity contribution is 9.10. The average molecular weight is 353 g/mol. The zero-order valence-electron chi connectivity index (χ0n) is 12.2. The van der Waals surface area contributed by atoms with Crippen LogP contribution in [0.2, 0.25) is 0 Å². The molecule has 114 valence electrons. The van der Waals surface area contributed by atoms with Crippen molar-refractivity contribution in [1.29, 1.82) is 0 Å². The molecule has 1 spiro atoms. The maximum absolute atomic E-state index is 11.3. The van der Waals surface area contributed by atoms with Crippen molar-refractivity contribution in [2.75, 3.05) is 18.0 Å². The molecule has 1 aliphatic heterocycles. The van der Waals surface area contributed by atoms with Crippen LogP contribution in [0.4, 0.5) is 11.4 Å². The highest BCUT2D eigenvalue weighted by Crippen LogP contribution is 2.46. The van der Waals surface area contributed by atoms with E-state index < -0.39 is 0 Å². The van der Waals surface area contributed by atoms with Crippen molar-refractivity contribution in [2.24, 2.45) is 5.41 Å². The molecule has 1 saturated heterocycles. The molecule has 0 bridgehead atoms. The van der Waals surface area contributed by atoms with Crippen LogP contribution in [-0.2, 0) is 0 Å². The summed E-state index contributed by atoms with van der Waals surface area (Å²) in [7, 11) is 0. The lowest BCUT2D eigenvalue weighted by atomic mass is 9.68. The van der Waals surface area contributed by atoms with Crippen molar-refractivity contribution in [2.45, 2.75) is 44.9 Å². The molecule has 1 saturated carbocycles. The number of nitro groups is 1. The van der Waals surface area contributed by atoms with Gasteiger partial charge in [0.25, 0.3) is 5.69 Å². The summed E-state index contributed by atoms with van der Waals surface area (Å²) in [6.07, 6.45) is 9.16. The minimum atomic E-state index is -0.273. The standard InChI is InChI=1S/C16H21BrN2O2/c17-13-4-5-14(15(12-13)19(20)21)18-10-8-16(9-11-18)6-2-1-3-7-16/h4-5,12H,1-3,6-11H2. The minimum Gasteiger partial charge on any atom is -0.366 e. The van der Waals surface area contributed by atoms with Crippen LogP contribution in [0.5, 0.6) is 0 Å². The molecule has 2 aliphatic rings. The summed E-state index contributed by atoms with van der Waals surface area (Å²) >= 11 is 3.32. The third-order valence-electron chi connectivity index (χ3n) is 5.21. The molecule has 0 aromatic heterocycles. The molecule has 4 nitrogen and oxygen atoms in total. The van der Waals surface area contributed by atoms with Crippen LogP contribution in [0.25, 0.3) is 0 Å². The van der Waals surface area contributed by atoms with Gasteiger partial charge in [0, 0.05) is 23.6 Å². The lowest BCUT2D eigenvalue weighted by Crippen LogP contribution is -2.41. The first-order chi connectivity index (χ1) is 10.1. The summed E-state index contributed by atoms with van der Waals surface area (Å²) in [5, 5.41) is 11.3. The van der Waals surface area contributed by atoms with E-state index in [-0.39, 0.29) is 10.6 Å². The van der Waals surface area contributed by atoms with Gasteiger partial charge in [-0.15, -0.1) is 0 Å². The highest BCUT2D eigenvalue weighted by atomic mass is 79.9. The molecular formula is C16H21BrN2O2. The summed E-state index contributed by atoms with van der Waals surface area (Å²) in [5.74, 6) is 0. The highest BCUT2D eigenvalue weighted by Gasteiger charge is 2.36. The Bertz CT molecular complexity index is 531.